The van der Waals surface area contributed by atoms with E-state index in [1.165, 1.54) is 6.08 Å². The first-order valence-corrected chi connectivity index (χ1v) is 12.7. The molecule has 1 aliphatic rings. The van der Waals surface area contributed by atoms with Gasteiger partial charge in [0, 0.05) is 31.6 Å². The van der Waals surface area contributed by atoms with Crippen LogP contribution in [0.3, 0.4) is 0 Å². The second-order valence-corrected chi connectivity index (χ2v) is 10.1. The number of benzene rings is 1. The van der Waals surface area contributed by atoms with Gasteiger partial charge in [0.1, 0.15) is 17.1 Å². The molecule has 34 heavy (non-hydrogen) atoms. The van der Waals surface area contributed by atoms with E-state index in [-0.39, 0.29) is 5.91 Å². The third kappa shape index (κ3) is 5.97. The fourth-order valence-corrected chi connectivity index (χ4v) is 4.83. The van der Waals surface area contributed by atoms with Crippen molar-refractivity contribution in [1.82, 2.24) is 25.1 Å². The van der Waals surface area contributed by atoms with Crippen molar-refractivity contribution in [3.63, 3.8) is 0 Å². The van der Waals surface area contributed by atoms with Crippen LogP contribution in [-0.4, -0.2) is 71.4 Å². The Morgan fingerprint density at radius 1 is 1.06 bits per heavy atom. The predicted octanol–water partition coefficient (Wildman–Crippen LogP) is 2.46. The number of hydrogen-bond acceptors (Lipinski definition) is 9. The van der Waals surface area contributed by atoms with Gasteiger partial charge < -0.3 is 13.9 Å². The van der Waals surface area contributed by atoms with Crippen LogP contribution < -0.4 is 0 Å². The average Bonchev–Trinajstić information content (AvgIpc) is 3.30. The maximum absolute atomic E-state index is 12.7. The topological polar surface area (TPSA) is 123 Å². The lowest BCUT2D eigenvalue weighted by molar-refractivity contribution is -0.128. The fraction of sp³-hybridized carbons (Fsp3) is 0.391. The number of carbonyl (C=O) groups is 1. The molecule has 1 amide bonds. The highest BCUT2D eigenvalue weighted by atomic mass is 32.2. The minimum Gasteiger partial charge on any atom is -0.361 e. The van der Waals surface area contributed by atoms with Gasteiger partial charge in [0.25, 0.3) is 5.89 Å². The van der Waals surface area contributed by atoms with Crippen LogP contribution in [0.15, 0.2) is 44.8 Å². The highest BCUT2D eigenvalue weighted by Gasteiger charge is 2.24. The van der Waals surface area contributed by atoms with Gasteiger partial charge in [-0.25, -0.2) is 8.42 Å². The predicted molar refractivity (Wildman–Crippen MR) is 125 cm³/mol. The third-order valence-electron chi connectivity index (χ3n) is 5.61. The molecule has 11 heteroatoms. The smallest absolute Gasteiger partial charge is 0.263 e. The number of carbonyl (C=O) groups excluding carboxylic acids is 1. The summed E-state index contributed by atoms with van der Waals surface area (Å²) in [4.78, 5) is 20.9. The van der Waals surface area contributed by atoms with Crippen molar-refractivity contribution in [3.05, 3.63) is 58.6 Å². The molecule has 4 rings (SSSR count). The summed E-state index contributed by atoms with van der Waals surface area (Å²) in [6, 6.07) is 9.12. The van der Waals surface area contributed by atoms with Crippen LogP contribution in [0.25, 0.3) is 17.5 Å². The molecule has 2 aromatic heterocycles. The Morgan fingerprint density at radius 2 is 1.85 bits per heavy atom. The highest BCUT2D eigenvalue weighted by Crippen LogP contribution is 2.25. The lowest BCUT2D eigenvalue weighted by Crippen LogP contribution is -2.38. The van der Waals surface area contributed by atoms with E-state index in [1.807, 2.05) is 25.1 Å². The average molecular weight is 486 g/mol. The Morgan fingerprint density at radius 3 is 2.59 bits per heavy atom. The number of sulfone groups is 1. The van der Waals surface area contributed by atoms with Gasteiger partial charge in [0.15, 0.2) is 15.7 Å². The molecule has 0 atom stereocenters. The van der Waals surface area contributed by atoms with Gasteiger partial charge in [-0.3, -0.25) is 9.69 Å². The van der Waals surface area contributed by atoms with E-state index in [0.29, 0.717) is 54.9 Å². The Hall–Kier alpha value is -3.31. The van der Waals surface area contributed by atoms with Crippen LogP contribution in [-0.2, 0) is 21.2 Å². The molecule has 0 saturated carbocycles. The highest BCUT2D eigenvalue weighted by molar-refractivity contribution is 7.95. The Labute approximate surface area is 198 Å². The van der Waals surface area contributed by atoms with Crippen molar-refractivity contribution in [1.29, 1.82) is 0 Å². The molecule has 0 spiro atoms. The molecule has 0 bridgehead atoms. The van der Waals surface area contributed by atoms with E-state index < -0.39 is 15.6 Å². The standard InChI is InChI=1S/C23H27N5O5S/c1-17-22(18(2)32-25-17)23-24-20(26-33-23)15-27-10-6-11-28(13-12-27)21(29)16-34(30,31)14-9-19-7-4-3-5-8-19/h3-5,7-9,14H,6,10-13,15-16H2,1-2H3/b14-9+. The van der Waals surface area contributed by atoms with Crippen LogP contribution in [0.4, 0.5) is 0 Å². The molecule has 0 unspecified atom stereocenters. The minimum atomic E-state index is -3.66. The summed E-state index contributed by atoms with van der Waals surface area (Å²) in [5.74, 6) is 0.585. The number of hydrogen-bond donors (Lipinski definition) is 0. The first kappa shape index (κ1) is 23.8. The van der Waals surface area contributed by atoms with Crippen LogP contribution >= 0.6 is 0 Å². The van der Waals surface area contributed by atoms with E-state index >= 15 is 0 Å². The van der Waals surface area contributed by atoms with Gasteiger partial charge in [0.2, 0.25) is 5.91 Å². The minimum absolute atomic E-state index is 0.367. The summed E-state index contributed by atoms with van der Waals surface area (Å²) in [6.07, 6.45) is 2.23. The van der Waals surface area contributed by atoms with Gasteiger partial charge in [-0.1, -0.05) is 40.6 Å². The zero-order chi connectivity index (χ0) is 24.1. The quantitative estimate of drug-likeness (QED) is 0.496. The van der Waals surface area contributed by atoms with Gasteiger partial charge in [-0.15, -0.1) is 0 Å². The van der Waals surface area contributed by atoms with Crippen molar-refractivity contribution in [2.24, 2.45) is 0 Å². The number of rotatable bonds is 7. The van der Waals surface area contributed by atoms with Gasteiger partial charge >= 0.3 is 0 Å². The maximum Gasteiger partial charge on any atom is 0.263 e. The molecular weight excluding hydrogens is 458 g/mol. The molecule has 1 aliphatic heterocycles. The first-order chi connectivity index (χ1) is 16.3. The molecule has 1 saturated heterocycles. The summed E-state index contributed by atoms with van der Waals surface area (Å²) >= 11 is 0. The molecule has 1 fully saturated rings. The molecule has 0 radical (unpaired) electrons. The van der Waals surface area contributed by atoms with Gasteiger partial charge in [-0.2, -0.15) is 4.98 Å². The van der Waals surface area contributed by atoms with E-state index in [2.05, 4.69) is 20.2 Å². The van der Waals surface area contributed by atoms with Crippen LogP contribution in [0.1, 0.15) is 29.3 Å². The fourth-order valence-electron chi connectivity index (χ4n) is 3.84. The van der Waals surface area contributed by atoms with Crippen molar-refractivity contribution in [2.75, 3.05) is 31.9 Å². The van der Waals surface area contributed by atoms with Gasteiger partial charge in [-0.05, 0) is 31.9 Å². The number of amides is 1. The summed E-state index contributed by atoms with van der Waals surface area (Å²) in [5.41, 5.74) is 2.15. The molecule has 180 valence electrons. The zero-order valence-corrected chi connectivity index (χ0v) is 20.0. The monoisotopic (exact) mass is 485 g/mol. The second kappa shape index (κ2) is 10.3. The summed E-state index contributed by atoms with van der Waals surface area (Å²) in [7, 11) is -3.66. The summed E-state index contributed by atoms with van der Waals surface area (Å²) in [5, 5.41) is 9.08. The Balaban J connectivity index is 1.32. The number of aryl methyl sites for hydroxylation is 2. The molecule has 3 aromatic rings. The molecule has 0 aliphatic carbocycles. The van der Waals surface area contributed by atoms with Crippen LogP contribution in [0.2, 0.25) is 0 Å². The van der Waals surface area contributed by atoms with Crippen molar-refractivity contribution < 1.29 is 22.3 Å². The van der Waals surface area contributed by atoms with Crippen LogP contribution in [0.5, 0.6) is 0 Å². The van der Waals surface area contributed by atoms with Gasteiger partial charge in [0.05, 0.1) is 12.2 Å². The summed E-state index contributed by atoms with van der Waals surface area (Å²) < 4.78 is 35.4. The molecular formula is C23H27N5O5S. The van der Waals surface area contributed by atoms with Crippen molar-refractivity contribution >= 4 is 21.8 Å². The van der Waals surface area contributed by atoms with Crippen LogP contribution in [0, 0.1) is 13.8 Å². The molecule has 0 N–H and O–H groups in total. The Bertz CT molecular complexity index is 1250. The van der Waals surface area contributed by atoms with E-state index in [4.69, 9.17) is 9.05 Å². The lowest BCUT2D eigenvalue weighted by Gasteiger charge is -2.21. The molecule has 3 heterocycles. The second-order valence-electron chi connectivity index (χ2n) is 8.25. The van der Waals surface area contributed by atoms with E-state index in [1.54, 1.807) is 24.0 Å². The van der Waals surface area contributed by atoms with E-state index in [0.717, 1.165) is 23.9 Å². The number of nitrogens with zero attached hydrogens (tertiary/aromatic N) is 5. The first-order valence-electron chi connectivity index (χ1n) is 11.0. The third-order valence-corrected chi connectivity index (χ3v) is 6.81. The van der Waals surface area contributed by atoms with E-state index in [9.17, 15) is 13.2 Å². The maximum atomic E-state index is 12.7. The summed E-state index contributed by atoms with van der Waals surface area (Å²) in [6.45, 7) is 6.33. The Kier molecular flexibility index (Phi) is 7.23. The normalized spacial score (nSPS) is 15.6. The van der Waals surface area contributed by atoms with Crippen molar-refractivity contribution in [3.8, 4) is 11.5 Å². The zero-order valence-electron chi connectivity index (χ0n) is 19.2. The number of aromatic nitrogens is 3. The molecule has 10 nitrogen and oxygen atoms in total. The lowest BCUT2D eigenvalue weighted by atomic mass is 10.2. The molecule has 1 aromatic carbocycles. The van der Waals surface area contributed by atoms with Crippen molar-refractivity contribution in [2.45, 2.75) is 26.8 Å². The SMILES string of the molecule is Cc1noc(C)c1-c1nc(CN2CCCN(C(=O)CS(=O)(=O)/C=C/c3ccccc3)CC2)no1. The largest absolute Gasteiger partial charge is 0.361 e.